The number of carboxylic acid groups (broad SMARTS) is 1. The number of nitrogens with zero attached hydrogens (tertiary/aromatic N) is 2. The number of carbonyl (C=O) groups is 4. The zero-order chi connectivity index (χ0) is 22.8. The summed E-state index contributed by atoms with van der Waals surface area (Å²) in [6, 6.07) is -4.11. The van der Waals surface area contributed by atoms with Gasteiger partial charge in [0.05, 0.1) is 6.61 Å². The van der Waals surface area contributed by atoms with Crippen LogP contribution in [0.4, 0.5) is 0 Å². The molecule has 0 aromatic heterocycles. The quantitative estimate of drug-likeness (QED) is 0.0977. The first-order chi connectivity index (χ1) is 14.1. The number of aliphatic imine (C=N–C) groups is 1. The van der Waals surface area contributed by atoms with Crippen LogP contribution in [0.5, 0.6) is 0 Å². The Kier molecular flexibility index (Phi) is 9.98. The summed E-state index contributed by atoms with van der Waals surface area (Å²) in [5.41, 5.74) is 15.8. The number of nitrogens with two attached hydrogens (primary N) is 3. The molecule has 3 amide bonds. The third-order valence-electron chi connectivity index (χ3n) is 4.66. The zero-order valence-electron chi connectivity index (χ0n) is 16.9. The standard InChI is InChI=1S/C17H31N7O6/c1-9(22-13(26)10(18)8-25)15(28)24-7-3-5-12(24)14(27)23-11(16(29)30)4-2-6-21-17(19)20/h9-12,25H,2-8,18H2,1H3,(H,22,26)(H,23,27)(H,29,30)(H4,19,20,21). The molecular formula is C17H31N7O6. The molecule has 4 atom stereocenters. The highest BCUT2D eigenvalue weighted by atomic mass is 16.4. The first-order valence-corrected chi connectivity index (χ1v) is 9.64. The molecule has 1 heterocycles. The predicted octanol–water partition coefficient (Wildman–Crippen LogP) is -3.58. The Morgan fingerprint density at radius 1 is 1.23 bits per heavy atom. The smallest absolute Gasteiger partial charge is 0.326 e. The van der Waals surface area contributed by atoms with Crippen LogP contribution in [-0.2, 0) is 19.2 Å². The number of likely N-dealkylation sites (tertiary alicyclic amines) is 1. The van der Waals surface area contributed by atoms with Crippen molar-refractivity contribution in [3.8, 4) is 0 Å². The molecule has 0 aliphatic carbocycles. The maximum absolute atomic E-state index is 12.7. The number of guanidine groups is 1. The molecule has 0 saturated carbocycles. The number of hydrogen-bond donors (Lipinski definition) is 7. The van der Waals surface area contributed by atoms with Gasteiger partial charge < -0.3 is 42.9 Å². The van der Waals surface area contributed by atoms with Crippen LogP contribution in [0, 0.1) is 0 Å². The first kappa shape index (κ1) is 25.1. The molecule has 13 nitrogen and oxygen atoms in total. The van der Waals surface area contributed by atoms with Crippen LogP contribution in [0.15, 0.2) is 4.99 Å². The van der Waals surface area contributed by atoms with E-state index in [4.69, 9.17) is 22.3 Å². The summed E-state index contributed by atoms with van der Waals surface area (Å²) in [4.78, 5) is 53.6. The molecule has 10 N–H and O–H groups in total. The maximum atomic E-state index is 12.7. The number of hydrogen-bond acceptors (Lipinski definition) is 7. The van der Waals surface area contributed by atoms with E-state index >= 15 is 0 Å². The largest absolute Gasteiger partial charge is 0.480 e. The van der Waals surface area contributed by atoms with E-state index in [9.17, 15) is 24.3 Å². The molecular weight excluding hydrogens is 398 g/mol. The summed E-state index contributed by atoms with van der Waals surface area (Å²) < 4.78 is 0. The van der Waals surface area contributed by atoms with Crippen molar-refractivity contribution >= 4 is 29.7 Å². The number of carboxylic acids is 1. The second-order valence-electron chi connectivity index (χ2n) is 7.06. The van der Waals surface area contributed by atoms with Gasteiger partial charge in [-0.05, 0) is 32.6 Å². The summed E-state index contributed by atoms with van der Waals surface area (Å²) in [5.74, 6) is -3.08. The summed E-state index contributed by atoms with van der Waals surface area (Å²) in [6.07, 6.45) is 1.39. The minimum atomic E-state index is -1.21. The monoisotopic (exact) mass is 429 g/mol. The molecule has 1 aliphatic heterocycles. The molecule has 1 fully saturated rings. The summed E-state index contributed by atoms with van der Waals surface area (Å²) in [6.45, 7) is 1.40. The van der Waals surface area contributed by atoms with E-state index in [-0.39, 0.29) is 18.9 Å². The Balaban J connectivity index is 2.70. The maximum Gasteiger partial charge on any atom is 0.326 e. The van der Waals surface area contributed by atoms with Crippen molar-refractivity contribution in [2.75, 3.05) is 19.7 Å². The van der Waals surface area contributed by atoms with Crippen molar-refractivity contribution in [1.29, 1.82) is 0 Å². The van der Waals surface area contributed by atoms with Crippen LogP contribution in [0.25, 0.3) is 0 Å². The minimum absolute atomic E-state index is 0.104. The Labute approximate surface area is 174 Å². The van der Waals surface area contributed by atoms with Gasteiger partial charge in [0.15, 0.2) is 5.96 Å². The van der Waals surface area contributed by atoms with E-state index in [1.54, 1.807) is 0 Å². The van der Waals surface area contributed by atoms with E-state index in [2.05, 4.69) is 15.6 Å². The second-order valence-corrected chi connectivity index (χ2v) is 7.06. The van der Waals surface area contributed by atoms with Crippen LogP contribution in [0.3, 0.4) is 0 Å². The lowest BCUT2D eigenvalue weighted by Crippen LogP contribution is -2.56. The van der Waals surface area contributed by atoms with Crippen LogP contribution >= 0.6 is 0 Å². The normalized spacial score (nSPS) is 18.8. The Bertz CT molecular complexity index is 667. The van der Waals surface area contributed by atoms with Gasteiger partial charge in [-0.25, -0.2) is 4.79 Å². The van der Waals surface area contributed by atoms with Gasteiger partial charge in [0.25, 0.3) is 0 Å². The van der Waals surface area contributed by atoms with Gasteiger partial charge in [-0.3, -0.25) is 19.4 Å². The molecule has 0 radical (unpaired) electrons. The van der Waals surface area contributed by atoms with Gasteiger partial charge in [-0.1, -0.05) is 0 Å². The van der Waals surface area contributed by atoms with Crippen LogP contribution < -0.4 is 27.8 Å². The predicted molar refractivity (Wildman–Crippen MR) is 107 cm³/mol. The van der Waals surface area contributed by atoms with E-state index in [1.165, 1.54) is 11.8 Å². The summed E-state index contributed by atoms with van der Waals surface area (Å²) in [5, 5.41) is 23.1. The molecule has 170 valence electrons. The number of aliphatic hydroxyl groups excluding tert-OH is 1. The molecule has 1 aliphatic rings. The van der Waals surface area contributed by atoms with Gasteiger partial charge in [0.2, 0.25) is 17.7 Å². The van der Waals surface area contributed by atoms with Crippen LogP contribution in [0.1, 0.15) is 32.6 Å². The van der Waals surface area contributed by atoms with Crippen LogP contribution in [0.2, 0.25) is 0 Å². The third-order valence-corrected chi connectivity index (χ3v) is 4.66. The van der Waals surface area contributed by atoms with Gasteiger partial charge in [0.1, 0.15) is 24.2 Å². The minimum Gasteiger partial charge on any atom is -0.480 e. The Hall–Kier alpha value is -2.93. The topological polar surface area (TPSA) is 226 Å². The van der Waals surface area contributed by atoms with Gasteiger partial charge in [-0.15, -0.1) is 0 Å². The van der Waals surface area contributed by atoms with Gasteiger partial charge in [0, 0.05) is 13.1 Å². The van der Waals surface area contributed by atoms with E-state index in [0.29, 0.717) is 25.8 Å². The second kappa shape index (κ2) is 11.9. The fourth-order valence-corrected chi connectivity index (χ4v) is 3.05. The fourth-order valence-electron chi connectivity index (χ4n) is 3.05. The molecule has 0 aromatic carbocycles. The zero-order valence-corrected chi connectivity index (χ0v) is 16.9. The molecule has 0 spiro atoms. The number of amides is 3. The number of nitrogens with one attached hydrogen (secondary N) is 2. The van der Waals surface area contributed by atoms with Crippen molar-refractivity contribution < 1.29 is 29.4 Å². The molecule has 1 saturated heterocycles. The van der Waals surface area contributed by atoms with Crippen molar-refractivity contribution in [1.82, 2.24) is 15.5 Å². The lowest BCUT2D eigenvalue weighted by atomic mass is 10.1. The Morgan fingerprint density at radius 3 is 2.47 bits per heavy atom. The summed E-state index contributed by atoms with van der Waals surface area (Å²) >= 11 is 0. The molecule has 0 bridgehead atoms. The highest BCUT2D eigenvalue weighted by molar-refractivity contribution is 5.94. The Morgan fingerprint density at radius 2 is 1.90 bits per heavy atom. The van der Waals surface area contributed by atoms with Gasteiger partial charge in [-0.2, -0.15) is 0 Å². The number of carbonyl (C=O) groups excluding carboxylic acids is 3. The van der Waals surface area contributed by atoms with Crippen molar-refractivity contribution in [2.24, 2.45) is 22.2 Å². The van der Waals surface area contributed by atoms with E-state index in [0.717, 1.165) is 0 Å². The first-order valence-electron chi connectivity index (χ1n) is 9.64. The average Bonchev–Trinajstić information content (AvgIpc) is 3.18. The van der Waals surface area contributed by atoms with Crippen molar-refractivity contribution in [3.05, 3.63) is 0 Å². The lowest BCUT2D eigenvalue weighted by Gasteiger charge is -2.28. The molecule has 30 heavy (non-hydrogen) atoms. The number of aliphatic hydroxyl groups is 1. The van der Waals surface area contributed by atoms with E-state index < -0.39 is 54.5 Å². The van der Waals surface area contributed by atoms with Crippen LogP contribution in [-0.4, -0.2) is 88.6 Å². The number of aliphatic carboxylic acids is 1. The van der Waals surface area contributed by atoms with Crippen molar-refractivity contribution in [3.63, 3.8) is 0 Å². The van der Waals surface area contributed by atoms with Gasteiger partial charge >= 0.3 is 5.97 Å². The molecule has 0 aromatic rings. The fraction of sp³-hybridized carbons (Fsp3) is 0.706. The van der Waals surface area contributed by atoms with E-state index in [1.807, 2.05) is 0 Å². The lowest BCUT2D eigenvalue weighted by molar-refractivity contribution is -0.145. The molecule has 1 rings (SSSR count). The highest BCUT2D eigenvalue weighted by Gasteiger charge is 2.37. The highest BCUT2D eigenvalue weighted by Crippen LogP contribution is 2.19. The summed E-state index contributed by atoms with van der Waals surface area (Å²) in [7, 11) is 0. The third kappa shape index (κ3) is 7.48. The van der Waals surface area contributed by atoms with Crippen molar-refractivity contribution in [2.45, 2.75) is 56.8 Å². The molecule has 4 unspecified atom stereocenters. The average molecular weight is 429 g/mol. The SMILES string of the molecule is CC(NC(=O)C(N)CO)C(=O)N1CCCC1C(=O)NC(CCCN=C(N)N)C(=O)O. The number of rotatable bonds is 11. The molecule has 13 heteroatoms.